The first-order chi connectivity index (χ1) is 22.5. The van der Waals surface area contributed by atoms with Gasteiger partial charge in [-0.25, -0.2) is 9.59 Å². The summed E-state index contributed by atoms with van der Waals surface area (Å²) in [4.78, 5) is 54.3. The van der Waals surface area contributed by atoms with Gasteiger partial charge in [-0.2, -0.15) is 0 Å². The zero-order valence-electron chi connectivity index (χ0n) is 29.1. The molecule has 0 spiro atoms. The fraction of sp³-hybridized carbons (Fsp3) is 0.421. The molecule has 3 rings (SSSR count). The Kier molecular flexibility index (Phi) is 12.9. The van der Waals surface area contributed by atoms with Crippen LogP contribution in [0.4, 0.5) is 9.59 Å². The monoisotopic (exact) mass is 658 g/mol. The number of rotatable bonds is 13. The normalized spacial score (nSPS) is 13.1. The van der Waals surface area contributed by atoms with Gasteiger partial charge in [0.1, 0.15) is 16.7 Å². The predicted molar refractivity (Wildman–Crippen MR) is 186 cm³/mol. The highest BCUT2D eigenvalue weighted by Gasteiger charge is 2.38. The van der Waals surface area contributed by atoms with Crippen molar-refractivity contribution < 1.29 is 28.7 Å². The van der Waals surface area contributed by atoms with Gasteiger partial charge in [-0.1, -0.05) is 97.9 Å². The number of hydrogen-bond donors (Lipinski definition) is 3. The Labute approximate surface area is 284 Å². The number of carbonyl (C=O) groups excluding carboxylic acids is 4. The van der Waals surface area contributed by atoms with Gasteiger partial charge >= 0.3 is 12.2 Å². The second-order valence-corrected chi connectivity index (χ2v) is 13.8. The van der Waals surface area contributed by atoms with Crippen LogP contribution in [0.2, 0.25) is 0 Å². The minimum Gasteiger partial charge on any atom is -0.444 e. The molecule has 0 bridgehead atoms. The van der Waals surface area contributed by atoms with Crippen molar-refractivity contribution in [2.75, 3.05) is 13.1 Å². The summed E-state index contributed by atoms with van der Waals surface area (Å²) in [6.07, 6.45) is -1.27. The van der Waals surface area contributed by atoms with Gasteiger partial charge in [0.25, 0.3) is 0 Å². The van der Waals surface area contributed by atoms with Crippen molar-refractivity contribution in [3.63, 3.8) is 0 Å². The molecule has 10 nitrogen and oxygen atoms in total. The molecule has 0 saturated heterocycles. The number of nitrogens with zero attached hydrogens (tertiary/aromatic N) is 1. The molecule has 3 amide bonds. The average molecular weight is 659 g/mol. The fourth-order valence-electron chi connectivity index (χ4n) is 5.21. The fourth-order valence-corrected chi connectivity index (χ4v) is 5.21. The van der Waals surface area contributed by atoms with Crippen LogP contribution >= 0.6 is 0 Å². The van der Waals surface area contributed by atoms with Gasteiger partial charge in [-0.15, -0.1) is 0 Å². The highest BCUT2D eigenvalue weighted by molar-refractivity contribution is 5.92. The summed E-state index contributed by atoms with van der Waals surface area (Å²) < 4.78 is 11.0. The van der Waals surface area contributed by atoms with Gasteiger partial charge in [0.15, 0.2) is 5.78 Å². The number of benzene rings is 3. The number of carbonyl (C=O) groups is 4. The second-order valence-electron chi connectivity index (χ2n) is 13.8. The summed E-state index contributed by atoms with van der Waals surface area (Å²) >= 11 is 0. The second kappa shape index (κ2) is 16.4. The molecule has 258 valence electrons. The summed E-state index contributed by atoms with van der Waals surface area (Å²) in [7, 11) is 0. The summed E-state index contributed by atoms with van der Waals surface area (Å²) in [5.41, 5.74) is 6.22. The van der Waals surface area contributed by atoms with Crippen molar-refractivity contribution in [3.05, 3.63) is 108 Å². The molecule has 4 N–H and O–H groups in total. The van der Waals surface area contributed by atoms with Gasteiger partial charge in [0, 0.05) is 19.0 Å². The molecule has 10 heteroatoms. The van der Waals surface area contributed by atoms with Gasteiger partial charge in [0.05, 0.1) is 12.6 Å². The molecule has 0 aromatic heterocycles. The molecule has 0 aliphatic heterocycles. The van der Waals surface area contributed by atoms with Crippen LogP contribution in [0.3, 0.4) is 0 Å². The molecule has 0 saturated carbocycles. The first-order valence-corrected chi connectivity index (χ1v) is 16.3. The van der Waals surface area contributed by atoms with Crippen molar-refractivity contribution >= 4 is 23.9 Å². The van der Waals surface area contributed by atoms with E-state index in [1.165, 1.54) is 4.90 Å². The Balaban J connectivity index is 1.85. The third-order valence-corrected chi connectivity index (χ3v) is 7.42. The topological polar surface area (TPSA) is 140 Å². The van der Waals surface area contributed by atoms with Crippen LogP contribution in [0.15, 0.2) is 91.0 Å². The maximum atomic E-state index is 13.9. The molecule has 0 unspecified atom stereocenters. The molecule has 0 radical (unpaired) electrons. The Hall–Kier alpha value is -4.70. The molecular formula is C38H50N4O6. The molecule has 0 heterocycles. The van der Waals surface area contributed by atoms with Crippen LogP contribution in [0.5, 0.6) is 0 Å². The van der Waals surface area contributed by atoms with E-state index in [1.54, 1.807) is 41.5 Å². The highest BCUT2D eigenvalue weighted by Crippen LogP contribution is 2.37. The van der Waals surface area contributed by atoms with Gasteiger partial charge < -0.3 is 25.8 Å². The maximum absolute atomic E-state index is 13.9. The number of ether oxygens (including phenoxy) is 2. The van der Waals surface area contributed by atoms with Crippen molar-refractivity contribution in [1.29, 1.82) is 0 Å². The van der Waals surface area contributed by atoms with Crippen LogP contribution in [0.25, 0.3) is 0 Å². The van der Waals surface area contributed by atoms with E-state index >= 15 is 0 Å². The van der Waals surface area contributed by atoms with Crippen LogP contribution in [0, 0.1) is 0 Å². The number of ketones is 1. The standard InChI is InChI=1S/C38H50N4O6/c1-8-30(40-34(45)47-36(2,3)4)25-42(35(46)48-37(5,6)7)26-32(43)31(39)24-33(44)41-38(27-18-12-9-13-19-27,28-20-14-10-15-21-28)29-22-16-11-17-23-29/h9-23,30-31H,8,24-26,39H2,1-7H3,(H,40,45)(H,41,44)/t30-,31-/m0/s1. The SMILES string of the molecule is CC[C@@H](CN(CC(=O)[C@@H](N)CC(=O)NC(c1ccccc1)(c1ccccc1)c1ccccc1)C(=O)OC(C)(C)C)NC(=O)OC(C)(C)C. The molecule has 3 aromatic carbocycles. The lowest BCUT2D eigenvalue weighted by Gasteiger charge is -2.37. The van der Waals surface area contributed by atoms with E-state index in [-0.39, 0.29) is 13.0 Å². The Morgan fingerprint density at radius 3 is 1.56 bits per heavy atom. The Morgan fingerprint density at radius 1 is 0.729 bits per heavy atom. The zero-order valence-corrected chi connectivity index (χ0v) is 29.1. The van der Waals surface area contributed by atoms with Crippen molar-refractivity contribution in [3.8, 4) is 0 Å². The van der Waals surface area contributed by atoms with Crippen LogP contribution in [0.1, 0.15) is 78.0 Å². The molecule has 3 aromatic rings. The average Bonchev–Trinajstić information content (AvgIpc) is 3.02. The van der Waals surface area contributed by atoms with E-state index < -0.39 is 59.2 Å². The number of hydrogen-bond acceptors (Lipinski definition) is 7. The lowest BCUT2D eigenvalue weighted by Crippen LogP contribution is -2.52. The number of nitrogens with two attached hydrogens (primary N) is 1. The van der Waals surface area contributed by atoms with Crippen LogP contribution < -0.4 is 16.4 Å². The molecule has 0 aliphatic carbocycles. The minimum atomic E-state index is -1.23. The quantitative estimate of drug-likeness (QED) is 0.194. The summed E-state index contributed by atoms with van der Waals surface area (Å²) in [5.74, 6) is -0.984. The van der Waals surface area contributed by atoms with Crippen LogP contribution in [-0.4, -0.2) is 65.2 Å². The van der Waals surface area contributed by atoms with E-state index in [9.17, 15) is 19.2 Å². The number of Topliss-reactive ketones (excluding diaryl/α,β-unsaturated/α-hetero) is 1. The van der Waals surface area contributed by atoms with Gasteiger partial charge in [0.2, 0.25) is 5.91 Å². The number of amides is 3. The maximum Gasteiger partial charge on any atom is 0.410 e. The van der Waals surface area contributed by atoms with Crippen molar-refractivity contribution in [1.82, 2.24) is 15.5 Å². The first-order valence-electron chi connectivity index (χ1n) is 16.3. The third kappa shape index (κ3) is 10.9. The van der Waals surface area contributed by atoms with E-state index in [0.717, 1.165) is 16.7 Å². The lowest BCUT2D eigenvalue weighted by atomic mass is 9.77. The van der Waals surface area contributed by atoms with E-state index in [1.807, 2.05) is 97.9 Å². The van der Waals surface area contributed by atoms with E-state index in [0.29, 0.717) is 6.42 Å². The third-order valence-electron chi connectivity index (χ3n) is 7.42. The number of alkyl carbamates (subject to hydrolysis) is 1. The molecule has 0 fully saturated rings. The Bertz CT molecular complexity index is 1400. The highest BCUT2D eigenvalue weighted by atomic mass is 16.6. The largest absolute Gasteiger partial charge is 0.444 e. The van der Waals surface area contributed by atoms with Gasteiger partial charge in [-0.05, 0) is 64.7 Å². The lowest BCUT2D eigenvalue weighted by molar-refractivity contribution is -0.127. The van der Waals surface area contributed by atoms with Crippen molar-refractivity contribution in [2.24, 2.45) is 5.73 Å². The molecule has 48 heavy (non-hydrogen) atoms. The van der Waals surface area contributed by atoms with E-state index in [2.05, 4.69) is 10.6 Å². The van der Waals surface area contributed by atoms with Crippen LogP contribution in [-0.2, 0) is 24.6 Å². The van der Waals surface area contributed by atoms with E-state index in [4.69, 9.17) is 15.2 Å². The molecule has 2 atom stereocenters. The van der Waals surface area contributed by atoms with Gasteiger partial charge in [-0.3, -0.25) is 14.5 Å². The van der Waals surface area contributed by atoms with Crippen molar-refractivity contribution in [2.45, 2.75) is 90.1 Å². The molecular weight excluding hydrogens is 608 g/mol. The molecule has 0 aliphatic rings. The first kappa shape index (κ1) is 37.8. The predicted octanol–water partition coefficient (Wildman–Crippen LogP) is 5.92. The summed E-state index contributed by atoms with van der Waals surface area (Å²) in [6, 6.07) is 27.1. The zero-order chi connectivity index (χ0) is 35.5. The number of nitrogens with one attached hydrogen (secondary N) is 2. The summed E-state index contributed by atoms with van der Waals surface area (Å²) in [6.45, 7) is 11.8. The minimum absolute atomic E-state index is 0.0333. The smallest absolute Gasteiger partial charge is 0.410 e. The Morgan fingerprint density at radius 2 is 1.17 bits per heavy atom. The summed E-state index contributed by atoms with van der Waals surface area (Å²) in [5, 5.41) is 5.98.